The van der Waals surface area contributed by atoms with Gasteiger partial charge in [0.2, 0.25) is 0 Å². The van der Waals surface area contributed by atoms with Crippen LogP contribution < -0.4 is 0 Å². The van der Waals surface area contributed by atoms with Crippen LogP contribution in [0, 0.1) is 23.2 Å². The van der Waals surface area contributed by atoms with Crippen molar-refractivity contribution < 1.29 is 5.11 Å². The normalized spacial score (nSPS) is 56.2. The highest BCUT2D eigenvalue weighted by atomic mass is 16.3. The van der Waals surface area contributed by atoms with Crippen molar-refractivity contribution in [1.29, 1.82) is 0 Å². The molecule has 1 N–H and O–H groups in total. The highest BCUT2D eigenvalue weighted by Crippen LogP contribution is 2.62. The van der Waals surface area contributed by atoms with Gasteiger partial charge in [0.15, 0.2) is 0 Å². The van der Waals surface area contributed by atoms with Gasteiger partial charge in [-0.1, -0.05) is 20.8 Å². The first-order valence-electron chi connectivity index (χ1n) is 5.08. The fourth-order valence-electron chi connectivity index (χ4n) is 3.49. The lowest BCUT2D eigenvalue weighted by molar-refractivity contribution is -0.0537. The zero-order valence-corrected chi connectivity index (χ0v) is 8.59. The molecule has 0 aromatic rings. The number of rotatable bonds is 0. The van der Waals surface area contributed by atoms with Crippen molar-refractivity contribution in [3.63, 3.8) is 0 Å². The maximum atomic E-state index is 10.1. The largest absolute Gasteiger partial charge is 0.390 e. The van der Waals surface area contributed by atoms with Gasteiger partial charge in [-0.05, 0) is 42.9 Å². The minimum atomic E-state index is -0.362. The Bertz CT molecular complexity index is 201. The predicted molar refractivity (Wildman–Crippen MR) is 49.8 cm³/mol. The second-order valence-electron chi connectivity index (χ2n) is 5.71. The van der Waals surface area contributed by atoms with Crippen molar-refractivity contribution >= 4 is 0 Å². The standard InChI is InChI=1S/C11H20O/c1-7-9-5-8(10(7,2)3)6-11(9,4)12/h7-9,12H,5-6H2,1-4H3/t7-,8-,9-,11-/m1/s1. The third-order valence-corrected chi connectivity index (χ3v) is 4.83. The van der Waals surface area contributed by atoms with Crippen LogP contribution in [0.25, 0.3) is 0 Å². The maximum absolute atomic E-state index is 10.1. The Balaban J connectivity index is 2.30. The molecule has 2 bridgehead atoms. The first-order chi connectivity index (χ1) is 5.36. The monoisotopic (exact) mass is 168 g/mol. The van der Waals surface area contributed by atoms with Crippen LogP contribution in [0.5, 0.6) is 0 Å². The number of fused-ring (bicyclic) bond motifs is 2. The molecule has 0 aliphatic heterocycles. The summed E-state index contributed by atoms with van der Waals surface area (Å²) >= 11 is 0. The summed E-state index contributed by atoms with van der Waals surface area (Å²) in [4.78, 5) is 0. The number of aliphatic hydroxyl groups is 1. The smallest absolute Gasteiger partial charge is 0.0653 e. The van der Waals surface area contributed by atoms with Gasteiger partial charge in [-0.3, -0.25) is 0 Å². The summed E-state index contributed by atoms with van der Waals surface area (Å²) in [6, 6.07) is 0. The van der Waals surface area contributed by atoms with Gasteiger partial charge in [0, 0.05) is 0 Å². The molecule has 0 aromatic carbocycles. The van der Waals surface area contributed by atoms with E-state index >= 15 is 0 Å². The van der Waals surface area contributed by atoms with Crippen LogP contribution in [0.4, 0.5) is 0 Å². The second kappa shape index (κ2) is 2.06. The van der Waals surface area contributed by atoms with E-state index < -0.39 is 0 Å². The molecule has 70 valence electrons. The molecule has 2 fully saturated rings. The Morgan fingerprint density at radius 2 is 1.83 bits per heavy atom. The average Bonchev–Trinajstić information content (AvgIpc) is 2.31. The zero-order chi connectivity index (χ0) is 9.15. The van der Waals surface area contributed by atoms with E-state index in [2.05, 4.69) is 20.8 Å². The lowest BCUT2D eigenvalue weighted by atomic mass is 9.65. The fraction of sp³-hybridized carbons (Fsp3) is 1.00. The predicted octanol–water partition coefficient (Wildman–Crippen LogP) is 2.44. The molecule has 0 unspecified atom stereocenters. The van der Waals surface area contributed by atoms with Gasteiger partial charge in [0.1, 0.15) is 0 Å². The van der Waals surface area contributed by atoms with Crippen LogP contribution in [0.2, 0.25) is 0 Å². The minimum absolute atomic E-state index is 0.362. The van der Waals surface area contributed by atoms with Gasteiger partial charge in [0.25, 0.3) is 0 Å². The first-order valence-corrected chi connectivity index (χ1v) is 5.08. The third-order valence-electron chi connectivity index (χ3n) is 4.83. The van der Waals surface area contributed by atoms with E-state index in [1.165, 1.54) is 6.42 Å². The molecular weight excluding hydrogens is 148 g/mol. The summed E-state index contributed by atoms with van der Waals surface area (Å²) in [6.45, 7) is 9.04. The van der Waals surface area contributed by atoms with Crippen LogP contribution >= 0.6 is 0 Å². The SMILES string of the molecule is C[C@@H]1[C@H]2C[C@H](C[C@@]2(C)O)C1(C)C. The van der Waals surface area contributed by atoms with Crippen molar-refractivity contribution in [3.8, 4) is 0 Å². The molecule has 0 aromatic heterocycles. The molecular formula is C11H20O. The first kappa shape index (κ1) is 8.55. The van der Waals surface area contributed by atoms with Gasteiger partial charge in [-0.15, -0.1) is 0 Å². The molecule has 0 radical (unpaired) electrons. The van der Waals surface area contributed by atoms with Crippen LogP contribution in [0.15, 0.2) is 0 Å². The van der Waals surface area contributed by atoms with Crippen LogP contribution in [-0.4, -0.2) is 10.7 Å². The van der Waals surface area contributed by atoms with Gasteiger partial charge in [0.05, 0.1) is 5.60 Å². The molecule has 4 atom stereocenters. The van der Waals surface area contributed by atoms with Gasteiger partial charge < -0.3 is 5.11 Å². The van der Waals surface area contributed by atoms with Crippen LogP contribution in [0.1, 0.15) is 40.5 Å². The summed E-state index contributed by atoms with van der Waals surface area (Å²) in [7, 11) is 0. The Morgan fingerprint density at radius 1 is 1.25 bits per heavy atom. The number of hydrogen-bond donors (Lipinski definition) is 1. The Morgan fingerprint density at radius 3 is 2.17 bits per heavy atom. The van der Waals surface area contributed by atoms with Crippen molar-refractivity contribution in [1.82, 2.24) is 0 Å². The van der Waals surface area contributed by atoms with E-state index in [0.29, 0.717) is 17.3 Å². The van der Waals surface area contributed by atoms with Crippen LogP contribution in [0.3, 0.4) is 0 Å². The molecule has 0 amide bonds. The lowest BCUT2D eigenvalue weighted by Crippen LogP contribution is -2.42. The quantitative estimate of drug-likeness (QED) is 0.589. The van der Waals surface area contributed by atoms with E-state index in [1.54, 1.807) is 0 Å². The fourth-order valence-corrected chi connectivity index (χ4v) is 3.49. The van der Waals surface area contributed by atoms with E-state index in [4.69, 9.17) is 0 Å². The minimum Gasteiger partial charge on any atom is -0.390 e. The molecule has 0 heterocycles. The van der Waals surface area contributed by atoms with E-state index in [9.17, 15) is 5.11 Å². The van der Waals surface area contributed by atoms with Gasteiger partial charge in [-0.25, -0.2) is 0 Å². The molecule has 2 aliphatic carbocycles. The van der Waals surface area contributed by atoms with E-state index in [0.717, 1.165) is 12.3 Å². The molecule has 2 aliphatic rings. The third kappa shape index (κ3) is 0.834. The Hall–Kier alpha value is -0.0400. The molecule has 0 spiro atoms. The summed E-state index contributed by atoms with van der Waals surface area (Å²) in [6.07, 6.45) is 2.27. The zero-order valence-electron chi connectivity index (χ0n) is 8.59. The summed E-state index contributed by atoms with van der Waals surface area (Å²) in [5.41, 5.74) is 0.104. The average molecular weight is 168 g/mol. The highest BCUT2D eigenvalue weighted by Gasteiger charge is 2.59. The molecule has 1 heteroatoms. The van der Waals surface area contributed by atoms with Crippen molar-refractivity contribution in [2.75, 3.05) is 0 Å². The van der Waals surface area contributed by atoms with E-state index in [-0.39, 0.29) is 5.60 Å². The molecule has 1 nitrogen and oxygen atoms in total. The molecule has 2 saturated carbocycles. The van der Waals surface area contributed by atoms with Gasteiger partial charge >= 0.3 is 0 Å². The topological polar surface area (TPSA) is 20.2 Å². The number of hydrogen-bond acceptors (Lipinski definition) is 1. The summed E-state index contributed by atoms with van der Waals surface area (Å²) in [5.74, 6) is 2.00. The molecule has 0 saturated heterocycles. The molecule has 2 rings (SSSR count). The van der Waals surface area contributed by atoms with E-state index in [1.807, 2.05) is 6.92 Å². The highest BCUT2D eigenvalue weighted by molar-refractivity contribution is 5.09. The lowest BCUT2D eigenvalue weighted by Gasteiger charge is -2.43. The Kier molecular flexibility index (Phi) is 1.47. The summed E-state index contributed by atoms with van der Waals surface area (Å²) in [5, 5.41) is 10.1. The van der Waals surface area contributed by atoms with Crippen LogP contribution in [-0.2, 0) is 0 Å². The second-order valence-corrected chi connectivity index (χ2v) is 5.71. The Labute approximate surface area is 75.2 Å². The van der Waals surface area contributed by atoms with Crippen molar-refractivity contribution in [3.05, 3.63) is 0 Å². The summed E-state index contributed by atoms with van der Waals surface area (Å²) < 4.78 is 0. The molecule has 12 heavy (non-hydrogen) atoms. The van der Waals surface area contributed by atoms with Crippen molar-refractivity contribution in [2.45, 2.75) is 46.1 Å². The van der Waals surface area contributed by atoms with Crippen molar-refractivity contribution in [2.24, 2.45) is 23.2 Å². The maximum Gasteiger partial charge on any atom is 0.0653 e. The van der Waals surface area contributed by atoms with Gasteiger partial charge in [-0.2, -0.15) is 0 Å².